The number of hydrogen-bond donors (Lipinski definition) is 1. The number of ether oxygens (including phenoxy) is 1. The maximum atomic E-state index is 6.29. The number of hydrogen-bond acceptors (Lipinski definition) is 2. The highest BCUT2D eigenvalue weighted by Crippen LogP contribution is 2.31. The Morgan fingerprint density at radius 2 is 1.80 bits per heavy atom. The molecule has 2 nitrogen and oxygen atoms in total. The van der Waals surface area contributed by atoms with E-state index in [2.05, 4.69) is 19.2 Å². The van der Waals surface area contributed by atoms with Crippen LogP contribution in [0, 0.1) is 0 Å². The van der Waals surface area contributed by atoms with Gasteiger partial charge in [0.2, 0.25) is 0 Å². The lowest BCUT2D eigenvalue weighted by Crippen LogP contribution is -2.43. The second-order valence-electron chi connectivity index (χ2n) is 4.96. The fraction of sp³-hybridized carbons (Fsp3) is 1.00. The lowest BCUT2D eigenvalue weighted by molar-refractivity contribution is -0.0944. The average molecular weight is 213 g/mol. The Balaban J connectivity index is 2.57. The molecule has 0 radical (unpaired) electrons. The van der Waals surface area contributed by atoms with Crippen LogP contribution >= 0.6 is 0 Å². The zero-order valence-electron chi connectivity index (χ0n) is 10.6. The molecule has 0 saturated heterocycles. The predicted molar refractivity (Wildman–Crippen MR) is 65.2 cm³/mol. The fourth-order valence-corrected chi connectivity index (χ4v) is 2.54. The van der Waals surface area contributed by atoms with E-state index in [-0.39, 0.29) is 5.60 Å². The van der Waals surface area contributed by atoms with Crippen LogP contribution in [0.25, 0.3) is 0 Å². The van der Waals surface area contributed by atoms with E-state index in [9.17, 15) is 0 Å². The molecule has 1 atom stereocenters. The van der Waals surface area contributed by atoms with Crippen molar-refractivity contribution in [2.45, 2.75) is 70.5 Å². The van der Waals surface area contributed by atoms with Crippen LogP contribution in [0.5, 0.6) is 0 Å². The number of likely N-dealkylation sites (N-methyl/N-ethyl adjacent to an activating group) is 1. The molecule has 1 unspecified atom stereocenters. The molecule has 2 heteroatoms. The summed E-state index contributed by atoms with van der Waals surface area (Å²) in [7, 11) is 2.03. The molecule has 1 aliphatic carbocycles. The summed E-state index contributed by atoms with van der Waals surface area (Å²) < 4.78 is 6.29. The van der Waals surface area contributed by atoms with Crippen LogP contribution in [0.2, 0.25) is 0 Å². The minimum atomic E-state index is 0.126. The first-order chi connectivity index (χ1) is 7.22. The summed E-state index contributed by atoms with van der Waals surface area (Å²) in [5.41, 5.74) is 0.126. The van der Waals surface area contributed by atoms with Gasteiger partial charge in [0.15, 0.2) is 0 Å². The molecule has 15 heavy (non-hydrogen) atoms. The van der Waals surface area contributed by atoms with E-state index in [1.807, 2.05) is 7.05 Å². The highest BCUT2D eigenvalue weighted by molar-refractivity contribution is 4.85. The van der Waals surface area contributed by atoms with Crippen molar-refractivity contribution in [1.82, 2.24) is 5.32 Å². The zero-order chi connectivity index (χ0) is 11.1. The van der Waals surface area contributed by atoms with Crippen LogP contribution in [-0.4, -0.2) is 25.3 Å². The van der Waals surface area contributed by atoms with Crippen molar-refractivity contribution in [1.29, 1.82) is 0 Å². The van der Waals surface area contributed by atoms with Gasteiger partial charge in [-0.05, 0) is 33.2 Å². The average Bonchev–Trinajstić information content (AvgIpc) is 2.44. The minimum absolute atomic E-state index is 0.126. The first-order valence-corrected chi connectivity index (χ1v) is 6.55. The van der Waals surface area contributed by atoms with Gasteiger partial charge in [0.05, 0.1) is 11.7 Å². The van der Waals surface area contributed by atoms with Gasteiger partial charge in [-0.1, -0.05) is 32.6 Å². The summed E-state index contributed by atoms with van der Waals surface area (Å²) in [6.45, 7) is 5.41. The van der Waals surface area contributed by atoms with E-state index in [0.717, 1.165) is 13.0 Å². The topological polar surface area (TPSA) is 21.3 Å². The van der Waals surface area contributed by atoms with Gasteiger partial charge in [-0.3, -0.25) is 0 Å². The van der Waals surface area contributed by atoms with E-state index < -0.39 is 0 Å². The molecule has 0 aliphatic heterocycles. The van der Waals surface area contributed by atoms with Gasteiger partial charge in [0, 0.05) is 6.54 Å². The van der Waals surface area contributed by atoms with Crippen LogP contribution in [0.4, 0.5) is 0 Å². The maximum Gasteiger partial charge on any atom is 0.0809 e. The third-order valence-electron chi connectivity index (χ3n) is 3.54. The molecular formula is C13H27NO. The van der Waals surface area contributed by atoms with Gasteiger partial charge in [-0.2, -0.15) is 0 Å². The minimum Gasteiger partial charge on any atom is -0.371 e. The van der Waals surface area contributed by atoms with Gasteiger partial charge in [0.1, 0.15) is 0 Å². The molecule has 0 aromatic carbocycles. The van der Waals surface area contributed by atoms with Crippen molar-refractivity contribution in [2.24, 2.45) is 0 Å². The van der Waals surface area contributed by atoms with Gasteiger partial charge in [-0.25, -0.2) is 0 Å². The Morgan fingerprint density at radius 3 is 2.27 bits per heavy atom. The largest absolute Gasteiger partial charge is 0.371 e. The zero-order valence-corrected chi connectivity index (χ0v) is 10.6. The van der Waals surface area contributed by atoms with Crippen LogP contribution in [0.3, 0.4) is 0 Å². The lowest BCUT2D eigenvalue weighted by Gasteiger charge is -2.35. The SMILES string of the molecule is CCC(C)OC1(CNC)CCCCCC1. The van der Waals surface area contributed by atoms with E-state index >= 15 is 0 Å². The van der Waals surface area contributed by atoms with Crippen molar-refractivity contribution in [3.05, 3.63) is 0 Å². The Morgan fingerprint density at radius 1 is 1.20 bits per heavy atom. The molecule has 1 rings (SSSR count). The van der Waals surface area contributed by atoms with Gasteiger partial charge < -0.3 is 10.1 Å². The summed E-state index contributed by atoms with van der Waals surface area (Å²) in [4.78, 5) is 0. The molecule has 1 fully saturated rings. The van der Waals surface area contributed by atoms with Crippen molar-refractivity contribution in [2.75, 3.05) is 13.6 Å². The Hall–Kier alpha value is -0.0800. The Bertz CT molecular complexity index is 162. The maximum absolute atomic E-state index is 6.29. The number of rotatable bonds is 5. The van der Waals surface area contributed by atoms with E-state index in [4.69, 9.17) is 4.74 Å². The first-order valence-electron chi connectivity index (χ1n) is 6.55. The van der Waals surface area contributed by atoms with Gasteiger partial charge in [0.25, 0.3) is 0 Å². The summed E-state index contributed by atoms with van der Waals surface area (Å²) in [5.74, 6) is 0. The molecule has 1 N–H and O–H groups in total. The second-order valence-corrected chi connectivity index (χ2v) is 4.96. The molecule has 0 bridgehead atoms. The smallest absolute Gasteiger partial charge is 0.0809 e. The van der Waals surface area contributed by atoms with E-state index in [0.29, 0.717) is 6.10 Å². The molecule has 0 heterocycles. The summed E-state index contributed by atoms with van der Waals surface area (Å²) >= 11 is 0. The van der Waals surface area contributed by atoms with Gasteiger partial charge in [-0.15, -0.1) is 0 Å². The highest BCUT2D eigenvalue weighted by Gasteiger charge is 2.32. The molecular weight excluding hydrogens is 186 g/mol. The number of nitrogens with one attached hydrogen (secondary N) is 1. The Labute approximate surface area is 94.8 Å². The molecule has 0 aromatic heterocycles. The van der Waals surface area contributed by atoms with Crippen LogP contribution in [0.1, 0.15) is 58.8 Å². The quantitative estimate of drug-likeness (QED) is 0.709. The monoisotopic (exact) mass is 213 g/mol. The summed E-state index contributed by atoms with van der Waals surface area (Å²) in [5, 5.41) is 3.31. The van der Waals surface area contributed by atoms with Crippen LogP contribution in [0.15, 0.2) is 0 Å². The molecule has 0 amide bonds. The Kier molecular flexibility index (Phi) is 5.62. The molecule has 1 aliphatic rings. The second kappa shape index (κ2) is 6.49. The van der Waals surface area contributed by atoms with Crippen molar-refractivity contribution in [3.8, 4) is 0 Å². The standard InChI is InChI=1S/C13H27NO/c1-4-12(2)15-13(11-14-3)9-7-5-6-8-10-13/h12,14H,4-11H2,1-3H3. The lowest BCUT2D eigenvalue weighted by atomic mass is 9.93. The normalized spacial score (nSPS) is 23.4. The predicted octanol–water partition coefficient (Wildman–Crippen LogP) is 3.11. The summed E-state index contributed by atoms with van der Waals surface area (Å²) in [6, 6.07) is 0. The molecule has 0 spiro atoms. The fourth-order valence-electron chi connectivity index (χ4n) is 2.54. The molecule has 0 aromatic rings. The third kappa shape index (κ3) is 4.12. The van der Waals surface area contributed by atoms with Crippen LogP contribution in [-0.2, 0) is 4.74 Å². The van der Waals surface area contributed by atoms with E-state index in [1.165, 1.54) is 38.5 Å². The third-order valence-corrected chi connectivity index (χ3v) is 3.54. The van der Waals surface area contributed by atoms with Crippen molar-refractivity contribution in [3.63, 3.8) is 0 Å². The van der Waals surface area contributed by atoms with Gasteiger partial charge >= 0.3 is 0 Å². The molecule has 1 saturated carbocycles. The van der Waals surface area contributed by atoms with Crippen molar-refractivity contribution < 1.29 is 4.74 Å². The van der Waals surface area contributed by atoms with Crippen molar-refractivity contribution >= 4 is 0 Å². The van der Waals surface area contributed by atoms with E-state index in [1.54, 1.807) is 0 Å². The first kappa shape index (κ1) is 13.0. The molecule has 90 valence electrons. The summed E-state index contributed by atoms with van der Waals surface area (Å²) in [6.07, 6.45) is 9.42. The van der Waals surface area contributed by atoms with Crippen LogP contribution < -0.4 is 5.32 Å². The highest BCUT2D eigenvalue weighted by atomic mass is 16.5.